The van der Waals surface area contributed by atoms with Crippen molar-refractivity contribution in [2.24, 2.45) is 0 Å². The summed E-state index contributed by atoms with van der Waals surface area (Å²) in [5, 5.41) is 1.16. The van der Waals surface area contributed by atoms with E-state index < -0.39 is 0 Å². The Labute approximate surface area is 146 Å². The molecule has 128 valence electrons. The number of hydrogen-bond donors (Lipinski definition) is 1. The van der Waals surface area contributed by atoms with Crippen LogP contribution >= 0.6 is 11.3 Å². The summed E-state index contributed by atoms with van der Waals surface area (Å²) < 4.78 is 0. The van der Waals surface area contributed by atoms with Gasteiger partial charge in [0.2, 0.25) is 5.95 Å². The molecule has 4 heterocycles. The normalized spacial score (nSPS) is 19.5. The number of fused-ring (bicyclic) bond motifs is 1. The van der Waals surface area contributed by atoms with Crippen molar-refractivity contribution in [3.05, 3.63) is 28.5 Å². The van der Waals surface area contributed by atoms with Crippen molar-refractivity contribution in [2.45, 2.75) is 19.5 Å². The molecule has 4 rings (SSSR count). The minimum absolute atomic E-state index is 0.376. The first-order valence-corrected chi connectivity index (χ1v) is 9.20. The molecule has 0 saturated carbocycles. The molecule has 2 aromatic heterocycles. The summed E-state index contributed by atoms with van der Waals surface area (Å²) in [6, 6.07) is 0. The second-order valence-electron chi connectivity index (χ2n) is 6.56. The standard InChI is InChI=1S/C16H23N7S/c1-21-4-6-23(7-5-21)16-19-9-13(24-16)11-22-3-2-14-12(10-22)8-18-15(17)20-14/h8-9H,2-7,10-11H2,1H3,(H2,17,18,20). The van der Waals surface area contributed by atoms with E-state index in [0.29, 0.717) is 5.95 Å². The fraction of sp³-hybridized carbons (Fsp3) is 0.562. The third kappa shape index (κ3) is 3.35. The maximum absolute atomic E-state index is 5.67. The van der Waals surface area contributed by atoms with Crippen LogP contribution in [-0.4, -0.2) is 64.5 Å². The molecule has 0 spiro atoms. The zero-order valence-electron chi connectivity index (χ0n) is 14.0. The van der Waals surface area contributed by atoms with Gasteiger partial charge in [-0.05, 0) is 7.05 Å². The Morgan fingerprint density at radius 2 is 1.96 bits per heavy atom. The highest BCUT2D eigenvalue weighted by Crippen LogP contribution is 2.26. The highest BCUT2D eigenvalue weighted by atomic mass is 32.1. The Morgan fingerprint density at radius 1 is 1.12 bits per heavy atom. The molecule has 0 bridgehead atoms. The Kier molecular flexibility index (Phi) is 4.34. The summed E-state index contributed by atoms with van der Waals surface area (Å²) in [6.45, 7) is 7.19. The summed E-state index contributed by atoms with van der Waals surface area (Å²) >= 11 is 1.82. The fourth-order valence-corrected chi connectivity index (χ4v) is 4.26. The average Bonchev–Trinajstić information content (AvgIpc) is 3.04. The number of nitrogen functional groups attached to an aromatic ring is 1. The minimum atomic E-state index is 0.376. The Morgan fingerprint density at radius 3 is 2.79 bits per heavy atom. The van der Waals surface area contributed by atoms with Gasteiger partial charge in [-0.2, -0.15) is 0 Å². The van der Waals surface area contributed by atoms with Crippen molar-refractivity contribution in [1.29, 1.82) is 0 Å². The third-order valence-electron chi connectivity index (χ3n) is 4.73. The summed E-state index contributed by atoms with van der Waals surface area (Å²) in [6.07, 6.45) is 4.84. The zero-order chi connectivity index (χ0) is 16.5. The molecule has 1 fully saturated rings. The summed E-state index contributed by atoms with van der Waals surface area (Å²) in [7, 11) is 2.18. The molecule has 0 aliphatic carbocycles. The van der Waals surface area contributed by atoms with E-state index in [1.165, 1.54) is 10.4 Å². The zero-order valence-corrected chi connectivity index (χ0v) is 14.8. The molecule has 7 nitrogen and oxygen atoms in total. The molecule has 0 amide bonds. The van der Waals surface area contributed by atoms with Crippen LogP contribution in [0.5, 0.6) is 0 Å². The fourth-order valence-electron chi connectivity index (χ4n) is 3.26. The number of likely N-dealkylation sites (N-methyl/N-ethyl adjacent to an activating group) is 1. The van der Waals surface area contributed by atoms with Gasteiger partial charge in [-0.15, -0.1) is 11.3 Å². The van der Waals surface area contributed by atoms with Crippen molar-refractivity contribution in [1.82, 2.24) is 24.8 Å². The van der Waals surface area contributed by atoms with Crippen LogP contribution in [0, 0.1) is 0 Å². The van der Waals surface area contributed by atoms with Gasteiger partial charge < -0.3 is 15.5 Å². The molecule has 0 atom stereocenters. The molecule has 0 unspecified atom stereocenters. The lowest BCUT2D eigenvalue weighted by atomic mass is 10.1. The lowest BCUT2D eigenvalue weighted by molar-refractivity contribution is 0.245. The molecular weight excluding hydrogens is 322 g/mol. The van der Waals surface area contributed by atoms with Crippen molar-refractivity contribution in [3.8, 4) is 0 Å². The highest BCUT2D eigenvalue weighted by molar-refractivity contribution is 7.15. The number of anilines is 2. The van der Waals surface area contributed by atoms with E-state index in [0.717, 1.165) is 63.1 Å². The average molecular weight is 345 g/mol. The van der Waals surface area contributed by atoms with Gasteiger partial charge in [0.25, 0.3) is 0 Å². The largest absolute Gasteiger partial charge is 0.368 e. The van der Waals surface area contributed by atoms with Crippen molar-refractivity contribution < 1.29 is 0 Å². The predicted molar refractivity (Wildman–Crippen MR) is 96.1 cm³/mol. The quantitative estimate of drug-likeness (QED) is 0.883. The predicted octanol–water partition coefficient (Wildman–Crippen LogP) is 0.825. The van der Waals surface area contributed by atoms with Crippen LogP contribution in [0.2, 0.25) is 0 Å². The number of thiazole rings is 1. The molecule has 1 saturated heterocycles. The number of nitrogens with zero attached hydrogens (tertiary/aromatic N) is 6. The van der Waals surface area contributed by atoms with Crippen LogP contribution in [0.25, 0.3) is 0 Å². The van der Waals surface area contributed by atoms with Gasteiger partial charge in [-0.3, -0.25) is 4.90 Å². The van der Waals surface area contributed by atoms with Crippen LogP contribution in [0.4, 0.5) is 11.1 Å². The monoisotopic (exact) mass is 345 g/mol. The van der Waals surface area contributed by atoms with Crippen LogP contribution in [0.15, 0.2) is 12.4 Å². The van der Waals surface area contributed by atoms with Gasteiger partial charge in [0.1, 0.15) is 0 Å². The van der Waals surface area contributed by atoms with Crippen molar-refractivity contribution >= 4 is 22.4 Å². The Hall–Kier alpha value is -1.77. The first-order chi connectivity index (χ1) is 11.7. The Balaban J connectivity index is 1.39. The summed E-state index contributed by atoms with van der Waals surface area (Å²) in [5.41, 5.74) is 7.96. The van der Waals surface area contributed by atoms with Crippen LogP contribution in [0.1, 0.15) is 16.1 Å². The van der Waals surface area contributed by atoms with Gasteiger partial charge in [0, 0.05) is 75.1 Å². The molecule has 2 aromatic rings. The molecule has 8 heteroatoms. The van der Waals surface area contributed by atoms with Gasteiger partial charge >= 0.3 is 0 Å². The number of piperazine rings is 1. The Bertz CT molecular complexity index is 708. The third-order valence-corrected chi connectivity index (χ3v) is 5.77. The smallest absolute Gasteiger partial charge is 0.220 e. The number of rotatable bonds is 3. The second kappa shape index (κ2) is 6.62. The van der Waals surface area contributed by atoms with E-state index in [9.17, 15) is 0 Å². The topological polar surface area (TPSA) is 74.4 Å². The van der Waals surface area contributed by atoms with Crippen LogP contribution in [0.3, 0.4) is 0 Å². The minimum Gasteiger partial charge on any atom is -0.368 e. The van der Waals surface area contributed by atoms with E-state index in [4.69, 9.17) is 5.73 Å². The number of hydrogen-bond acceptors (Lipinski definition) is 8. The maximum Gasteiger partial charge on any atom is 0.220 e. The second-order valence-corrected chi connectivity index (χ2v) is 7.65. The van der Waals surface area contributed by atoms with E-state index >= 15 is 0 Å². The van der Waals surface area contributed by atoms with Crippen LogP contribution in [-0.2, 0) is 19.5 Å². The molecule has 2 aliphatic rings. The van der Waals surface area contributed by atoms with Crippen molar-refractivity contribution in [3.63, 3.8) is 0 Å². The lowest BCUT2D eigenvalue weighted by Crippen LogP contribution is -2.44. The summed E-state index contributed by atoms with van der Waals surface area (Å²) in [4.78, 5) is 21.6. The van der Waals surface area contributed by atoms with Gasteiger partial charge in [0.15, 0.2) is 5.13 Å². The van der Waals surface area contributed by atoms with E-state index in [-0.39, 0.29) is 0 Å². The van der Waals surface area contributed by atoms with Gasteiger partial charge in [0.05, 0.1) is 5.69 Å². The molecule has 2 N–H and O–H groups in total. The van der Waals surface area contributed by atoms with Crippen LogP contribution < -0.4 is 10.6 Å². The van der Waals surface area contributed by atoms with E-state index in [2.05, 4.69) is 36.7 Å². The SMILES string of the molecule is CN1CCN(c2ncc(CN3CCc4nc(N)ncc4C3)s2)CC1. The number of aromatic nitrogens is 3. The van der Waals surface area contributed by atoms with Gasteiger partial charge in [-0.1, -0.05) is 0 Å². The molecule has 0 aromatic carbocycles. The summed E-state index contributed by atoms with van der Waals surface area (Å²) in [5.74, 6) is 0.376. The molecule has 0 radical (unpaired) electrons. The molecule has 2 aliphatic heterocycles. The molecule has 24 heavy (non-hydrogen) atoms. The highest BCUT2D eigenvalue weighted by Gasteiger charge is 2.21. The maximum atomic E-state index is 5.67. The van der Waals surface area contributed by atoms with Gasteiger partial charge in [-0.25, -0.2) is 15.0 Å². The van der Waals surface area contributed by atoms with E-state index in [1.807, 2.05) is 23.7 Å². The van der Waals surface area contributed by atoms with E-state index in [1.54, 1.807) is 0 Å². The number of nitrogens with two attached hydrogens (primary N) is 1. The first-order valence-electron chi connectivity index (χ1n) is 8.38. The van der Waals surface area contributed by atoms with Crippen molar-refractivity contribution in [2.75, 3.05) is 50.4 Å². The molecular formula is C16H23N7S. The first kappa shape index (κ1) is 15.7. The lowest BCUT2D eigenvalue weighted by Gasteiger charge is -2.32.